The van der Waals surface area contributed by atoms with Gasteiger partial charge in [-0.2, -0.15) is 0 Å². The number of benzene rings is 2. The quantitative estimate of drug-likeness (QED) is 0.328. The molecule has 0 radical (unpaired) electrons. The summed E-state index contributed by atoms with van der Waals surface area (Å²) in [4.78, 5) is 22.2. The van der Waals surface area contributed by atoms with Gasteiger partial charge in [0.1, 0.15) is 18.0 Å². The fraction of sp³-hybridized carbons (Fsp3) is 0.0588. The fourth-order valence-electron chi connectivity index (χ4n) is 2.17. The van der Waals surface area contributed by atoms with Crippen LogP contribution < -0.4 is 5.73 Å². The van der Waals surface area contributed by atoms with Gasteiger partial charge in [-0.3, -0.25) is 10.1 Å². The number of anilines is 1. The van der Waals surface area contributed by atoms with Crippen molar-refractivity contribution in [2.45, 2.75) is 6.61 Å². The van der Waals surface area contributed by atoms with E-state index in [1.165, 1.54) is 12.1 Å². The van der Waals surface area contributed by atoms with E-state index >= 15 is 0 Å². The first-order valence-corrected chi connectivity index (χ1v) is 7.26. The Morgan fingerprint density at radius 2 is 1.96 bits per heavy atom. The normalized spacial score (nSPS) is 10.4. The van der Waals surface area contributed by atoms with Gasteiger partial charge in [0.2, 0.25) is 0 Å². The molecule has 8 nitrogen and oxygen atoms in total. The molecule has 0 amide bonds. The highest BCUT2D eigenvalue weighted by Crippen LogP contribution is 2.23. The van der Waals surface area contributed by atoms with Gasteiger partial charge in [0.15, 0.2) is 5.76 Å². The van der Waals surface area contributed by atoms with Crippen LogP contribution in [0.2, 0.25) is 0 Å². The lowest BCUT2D eigenvalue weighted by molar-refractivity contribution is -0.383. The monoisotopic (exact) mass is 339 g/mol. The summed E-state index contributed by atoms with van der Waals surface area (Å²) in [6, 6.07) is 14.7. The number of rotatable bonds is 5. The Labute approximate surface area is 142 Å². The van der Waals surface area contributed by atoms with Gasteiger partial charge in [-0.1, -0.05) is 35.5 Å². The molecule has 1 heterocycles. The van der Waals surface area contributed by atoms with Gasteiger partial charge in [-0.15, -0.1) is 0 Å². The molecule has 0 aliphatic rings. The minimum atomic E-state index is -0.715. The van der Waals surface area contributed by atoms with Crippen molar-refractivity contribution in [3.63, 3.8) is 0 Å². The highest BCUT2D eigenvalue weighted by molar-refractivity contribution is 5.91. The minimum absolute atomic E-state index is 0.0226. The summed E-state index contributed by atoms with van der Waals surface area (Å²) in [5.74, 6) is -0.165. The predicted molar refractivity (Wildman–Crippen MR) is 88.6 cm³/mol. The molecule has 0 atom stereocenters. The molecule has 0 spiro atoms. The molecule has 0 saturated carbocycles. The zero-order valence-corrected chi connectivity index (χ0v) is 12.9. The molecule has 0 aliphatic heterocycles. The third-order valence-electron chi connectivity index (χ3n) is 3.43. The molecule has 3 aromatic rings. The Morgan fingerprint density at radius 1 is 1.20 bits per heavy atom. The first-order chi connectivity index (χ1) is 12.0. The maximum atomic E-state index is 12.0. The molecule has 0 unspecified atom stereocenters. The van der Waals surface area contributed by atoms with Gasteiger partial charge in [-0.25, -0.2) is 4.79 Å². The van der Waals surface area contributed by atoms with Crippen molar-refractivity contribution in [3.8, 4) is 11.3 Å². The lowest BCUT2D eigenvalue weighted by Gasteiger charge is -2.03. The first-order valence-electron chi connectivity index (χ1n) is 7.26. The lowest BCUT2D eigenvalue weighted by Crippen LogP contribution is -2.07. The number of nitrogens with zero attached hydrogens (tertiary/aromatic N) is 2. The molecule has 0 fully saturated rings. The SMILES string of the molecule is Nc1ccc(C(=O)OCc2cc(-c3ccccc3)on2)cc1[N+](=O)[O-]. The van der Waals surface area contributed by atoms with Crippen LogP contribution in [0.1, 0.15) is 16.1 Å². The van der Waals surface area contributed by atoms with Crippen LogP contribution in [0.15, 0.2) is 59.1 Å². The summed E-state index contributed by atoms with van der Waals surface area (Å²) in [6.45, 7) is -0.118. The van der Waals surface area contributed by atoms with Crippen LogP contribution in [-0.4, -0.2) is 16.0 Å². The van der Waals surface area contributed by atoms with E-state index in [0.29, 0.717) is 11.5 Å². The van der Waals surface area contributed by atoms with Gasteiger partial charge >= 0.3 is 5.97 Å². The van der Waals surface area contributed by atoms with Crippen LogP contribution in [0.4, 0.5) is 11.4 Å². The number of carbonyl (C=O) groups is 1. The molecule has 1 aromatic heterocycles. The predicted octanol–water partition coefficient (Wildman–Crippen LogP) is 3.19. The Hall–Kier alpha value is -3.68. The summed E-state index contributed by atoms with van der Waals surface area (Å²) in [7, 11) is 0. The molecule has 2 N–H and O–H groups in total. The summed E-state index contributed by atoms with van der Waals surface area (Å²) in [5.41, 5.74) is 6.44. The second kappa shape index (κ2) is 6.83. The van der Waals surface area contributed by atoms with Crippen molar-refractivity contribution < 1.29 is 19.0 Å². The summed E-state index contributed by atoms with van der Waals surface area (Å²) in [5, 5.41) is 14.7. The number of nitrogens with two attached hydrogens (primary N) is 1. The number of nitro groups is 1. The van der Waals surface area contributed by atoms with Gasteiger partial charge in [-0.05, 0) is 12.1 Å². The lowest BCUT2D eigenvalue weighted by atomic mass is 10.1. The van der Waals surface area contributed by atoms with E-state index in [2.05, 4.69) is 5.16 Å². The molecule has 2 aromatic carbocycles. The molecular formula is C17H13N3O5. The van der Waals surface area contributed by atoms with Crippen LogP contribution in [0.3, 0.4) is 0 Å². The van der Waals surface area contributed by atoms with Crippen molar-refractivity contribution in [2.24, 2.45) is 0 Å². The molecule has 8 heteroatoms. The highest BCUT2D eigenvalue weighted by Gasteiger charge is 2.17. The standard InChI is InChI=1S/C17H13N3O5/c18-14-7-6-12(8-15(14)20(22)23)17(21)24-10-13-9-16(25-19-13)11-4-2-1-3-5-11/h1-9H,10,18H2. The maximum Gasteiger partial charge on any atom is 0.338 e. The second-order valence-corrected chi connectivity index (χ2v) is 5.16. The smallest absolute Gasteiger partial charge is 0.338 e. The Morgan fingerprint density at radius 3 is 2.68 bits per heavy atom. The van der Waals surface area contributed by atoms with Gasteiger partial charge in [0, 0.05) is 17.7 Å². The Kier molecular flexibility index (Phi) is 4.42. The molecule has 25 heavy (non-hydrogen) atoms. The van der Waals surface area contributed by atoms with E-state index in [0.717, 1.165) is 11.6 Å². The number of hydrogen-bond donors (Lipinski definition) is 1. The van der Waals surface area contributed by atoms with Crippen molar-refractivity contribution in [1.29, 1.82) is 0 Å². The summed E-state index contributed by atoms with van der Waals surface area (Å²) >= 11 is 0. The molecule has 3 rings (SSSR count). The van der Waals surface area contributed by atoms with E-state index < -0.39 is 10.9 Å². The average Bonchev–Trinajstić information content (AvgIpc) is 3.09. The number of carbonyl (C=O) groups excluding carboxylic acids is 1. The van der Waals surface area contributed by atoms with Crippen LogP contribution >= 0.6 is 0 Å². The Bertz CT molecular complexity index is 921. The highest BCUT2D eigenvalue weighted by atomic mass is 16.6. The van der Waals surface area contributed by atoms with Crippen LogP contribution in [0.25, 0.3) is 11.3 Å². The minimum Gasteiger partial charge on any atom is -0.455 e. The van der Waals surface area contributed by atoms with Gasteiger partial charge in [0.25, 0.3) is 5.69 Å². The summed E-state index contributed by atoms with van der Waals surface area (Å²) in [6.07, 6.45) is 0. The van der Waals surface area contributed by atoms with Crippen LogP contribution in [-0.2, 0) is 11.3 Å². The van der Waals surface area contributed by atoms with Crippen molar-refractivity contribution in [2.75, 3.05) is 5.73 Å². The van der Waals surface area contributed by atoms with E-state index in [4.69, 9.17) is 15.0 Å². The number of nitro benzene ring substituents is 1. The van der Waals surface area contributed by atoms with Crippen molar-refractivity contribution >= 4 is 17.3 Å². The maximum absolute atomic E-state index is 12.0. The van der Waals surface area contributed by atoms with Crippen LogP contribution in [0.5, 0.6) is 0 Å². The zero-order chi connectivity index (χ0) is 17.8. The van der Waals surface area contributed by atoms with E-state index in [1.807, 2.05) is 30.3 Å². The number of aromatic nitrogens is 1. The second-order valence-electron chi connectivity index (χ2n) is 5.16. The third kappa shape index (κ3) is 3.63. The van der Waals surface area contributed by atoms with Gasteiger partial charge < -0.3 is 15.0 Å². The summed E-state index contributed by atoms with van der Waals surface area (Å²) < 4.78 is 10.3. The van der Waals surface area contributed by atoms with Gasteiger partial charge in [0.05, 0.1) is 10.5 Å². The number of nitrogen functional groups attached to an aromatic ring is 1. The van der Waals surface area contributed by atoms with Crippen molar-refractivity contribution in [3.05, 3.63) is 76.0 Å². The largest absolute Gasteiger partial charge is 0.455 e. The molecular weight excluding hydrogens is 326 g/mol. The topological polar surface area (TPSA) is 121 Å². The van der Waals surface area contributed by atoms with Crippen molar-refractivity contribution in [1.82, 2.24) is 5.16 Å². The van der Waals surface area contributed by atoms with E-state index in [9.17, 15) is 14.9 Å². The van der Waals surface area contributed by atoms with E-state index in [-0.39, 0.29) is 23.5 Å². The first kappa shape index (κ1) is 16.2. The average molecular weight is 339 g/mol. The number of ether oxygens (including phenoxy) is 1. The number of hydrogen-bond acceptors (Lipinski definition) is 7. The molecule has 0 saturated heterocycles. The van der Waals surface area contributed by atoms with E-state index in [1.54, 1.807) is 6.07 Å². The fourth-order valence-corrected chi connectivity index (χ4v) is 2.17. The zero-order valence-electron chi connectivity index (χ0n) is 12.9. The number of esters is 1. The molecule has 0 bridgehead atoms. The Balaban J connectivity index is 1.68. The molecule has 0 aliphatic carbocycles. The van der Waals surface area contributed by atoms with Crippen LogP contribution in [0, 0.1) is 10.1 Å². The third-order valence-corrected chi connectivity index (χ3v) is 3.43. The molecule has 126 valence electrons.